The van der Waals surface area contributed by atoms with Crippen LogP contribution in [-0.4, -0.2) is 15.0 Å². The zero-order valence-electron chi connectivity index (χ0n) is 19.6. The minimum Gasteiger partial charge on any atom is -0.217 e. The van der Waals surface area contributed by atoms with Gasteiger partial charge >= 0.3 is 0 Å². The van der Waals surface area contributed by atoms with E-state index in [1.807, 2.05) is 16.8 Å². The molecule has 33 heavy (non-hydrogen) atoms. The van der Waals surface area contributed by atoms with Crippen LogP contribution in [0.5, 0.6) is 0 Å². The molecule has 1 heterocycles. The highest BCUT2D eigenvalue weighted by atomic mass is 15.4. The van der Waals surface area contributed by atoms with Gasteiger partial charge in [-0.05, 0) is 75.6 Å². The van der Waals surface area contributed by atoms with Crippen LogP contribution >= 0.6 is 0 Å². The lowest BCUT2D eigenvalue weighted by Crippen LogP contribution is -2.20. The van der Waals surface area contributed by atoms with Crippen molar-refractivity contribution in [2.45, 2.75) is 51.4 Å². The molecule has 162 valence electrons. The minimum atomic E-state index is -0.0351. The third-order valence-electron chi connectivity index (χ3n) is 8.26. The van der Waals surface area contributed by atoms with Gasteiger partial charge in [-0.3, -0.25) is 0 Å². The van der Waals surface area contributed by atoms with Gasteiger partial charge in [0.1, 0.15) is 5.52 Å². The molecule has 3 aromatic carbocycles. The molecule has 0 atom stereocenters. The van der Waals surface area contributed by atoms with E-state index in [1.165, 1.54) is 50.2 Å². The molecule has 3 nitrogen and oxygen atoms in total. The molecule has 4 aromatic rings. The number of fused-ring (bicyclic) bond motifs is 7. The fourth-order valence-electron chi connectivity index (χ4n) is 6.63. The molecule has 0 saturated heterocycles. The highest BCUT2D eigenvalue weighted by Gasteiger charge is 2.45. The smallest absolute Gasteiger partial charge is 0.113 e. The van der Waals surface area contributed by atoms with Crippen molar-refractivity contribution in [1.29, 1.82) is 0 Å². The molecule has 0 fully saturated rings. The lowest BCUT2D eigenvalue weighted by Gasteiger charge is -2.27. The molecule has 3 aliphatic rings. The summed E-state index contributed by atoms with van der Waals surface area (Å²) < 4.78 is 2.04. The van der Waals surface area contributed by atoms with Crippen LogP contribution in [-0.2, 0) is 10.8 Å². The van der Waals surface area contributed by atoms with E-state index in [1.54, 1.807) is 0 Å². The monoisotopic (exact) mass is 429 g/mol. The Morgan fingerprint density at radius 3 is 2.42 bits per heavy atom. The number of allylic oxidation sites excluding steroid dienone is 4. The maximum absolute atomic E-state index is 4.51. The first-order valence-corrected chi connectivity index (χ1v) is 11.9. The number of rotatable bonds is 1. The largest absolute Gasteiger partial charge is 0.217 e. The van der Waals surface area contributed by atoms with Crippen LogP contribution in [0.15, 0.2) is 72.3 Å². The third-order valence-corrected chi connectivity index (χ3v) is 8.26. The van der Waals surface area contributed by atoms with Gasteiger partial charge in [0.25, 0.3) is 0 Å². The summed E-state index contributed by atoms with van der Waals surface area (Å²) in [7, 11) is 0. The van der Waals surface area contributed by atoms with Crippen molar-refractivity contribution in [2.24, 2.45) is 0 Å². The first kappa shape index (κ1) is 19.0. The molecular weight excluding hydrogens is 402 g/mol. The van der Waals surface area contributed by atoms with Crippen molar-refractivity contribution in [2.75, 3.05) is 0 Å². The van der Waals surface area contributed by atoms with Crippen molar-refractivity contribution >= 4 is 22.3 Å². The van der Waals surface area contributed by atoms with Gasteiger partial charge in [0, 0.05) is 16.5 Å². The molecule has 7 rings (SSSR count). The van der Waals surface area contributed by atoms with E-state index in [0.717, 1.165) is 23.9 Å². The molecule has 0 unspecified atom stereocenters. The zero-order valence-corrected chi connectivity index (χ0v) is 19.6. The fraction of sp³-hybridized carbons (Fsp3) is 0.267. The van der Waals surface area contributed by atoms with E-state index in [0.29, 0.717) is 0 Å². The van der Waals surface area contributed by atoms with E-state index in [9.17, 15) is 0 Å². The normalized spacial score (nSPS) is 19.2. The molecule has 0 amide bonds. The number of nitrogens with zero attached hydrogens (tertiary/aromatic N) is 3. The highest BCUT2D eigenvalue weighted by molar-refractivity contribution is 5.94. The standard InChI is InChI=1S/C30H27N3/c1-29(2)23-16-15-20-19-9-5-6-10-22(19)30(3,4)28(20)27(23)21-14-13-18(17-24(21)29)33-26-12-8-7-11-25(26)31-32-33/h5-12,15-17H,13-14H2,1-4H3. The van der Waals surface area contributed by atoms with Crippen molar-refractivity contribution < 1.29 is 0 Å². The summed E-state index contributed by atoms with van der Waals surface area (Å²) in [5, 5.41) is 8.91. The fourth-order valence-corrected chi connectivity index (χ4v) is 6.63. The summed E-state index contributed by atoms with van der Waals surface area (Å²) in [6.45, 7) is 9.56. The summed E-state index contributed by atoms with van der Waals surface area (Å²) in [4.78, 5) is 0. The van der Waals surface area contributed by atoms with E-state index in [-0.39, 0.29) is 10.8 Å². The summed E-state index contributed by atoms with van der Waals surface area (Å²) in [6.07, 6.45) is 4.41. The Hall–Kier alpha value is -3.46. The zero-order chi connectivity index (χ0) is 22.5. The van der Waals surface area contributed by atoms with Crippen LogP contribution in [0.1, 0.15) is 62.8 Å². The van der Waals surface area contributed by atoms with Gasteiger partial charge in [0.05, 0.1) is 5.52 Å². The predicted octanol–water partition coefficient (Wildman–Crippen LogP) is 7.12. The van der Waals surface area contributed by atoms with Gasteiger partial charge < -0.3 is 0 Å². The van der Waals surface area contributed by atoms with Crippen molar-refractivity contribution in [1.82, 2.24) is 15.0 Å². The molecule has 0 spiro atoms. The SMILES string of the molecule is CC1(C)C2=C(CCC(n3nnc4ccccc43)=C2)c2c1ccc1c2C(C)(C)c2ccccc2-1. The lowest BCUT2D eigenvalue weighted by molar-refractivity contribution is 0.637. The van der Waals surface area contributed by atoms with E-state index >= 15 is 0 Å². The van der Waals surface area contributed by atoms with Crippen LogP contribution < -0.4 is 0 Å². The van der Waals surface area contributed by atoms with E-state index in [2.05, 4.69) is 92.6 Å². The summed E-state index contributed by atoms with van der Waals surface area (Å²) in [5.41, 5.74) is 15.0. The Morgan fingerprint density at radius 1 is 0.758 bits per heavy atom. The number of hydrogen-bond donors (Lipinski definition) is 0. The number of aromatic nitrogens is 3. The van der Waals surface area contributed by atoms with Gasteiger partial charge in [0.2, 0.25) is 0 Å². The molecule has 0 saturated carbocycles. The molecule has 3 aliphatic carbocycles. The summed E-state index contributed by atoms with van der Waals surface area (Å²) in [6, 6.07) is 21.9. The Kier molecular flexibility index (Phi) is 3.52. The summed E-state index contributed by atoms with van der Waals surface area (Å²) in [5.74, 6) is 0. The summed E-state index contributed by atoms with van der Waals surface area (Å²) >= 11 is 0. The quantitative estimate of drug-likeness (QED) is 0.323. The van der Waals surface area contributed by atoms with Crippen molar-refractivity contribution in [3.05, 3.63) is 94.6 Å². The first-order chi connectivity index (χ1) is 15.9. The molecule has 3 heteroatoms. The molecule has 1 aromatic heterocycles. The molecule has 0 aliphatic heterocycles. The molecular formula is C30H27N3. The van der Waals surface area contributed by atoms with Crippen molar-refractivity contribution in [3.63, 3.8) is 0 Å². The second kappa shape index (κ2) is 6.11. The maximum atomic E-state index is 4.51. The van der Waals surface area contributed by atoms with Gasteiger partial charge in [-0.2, -0.15) is 0 Å². The van der Waals surface area contributed by atoms with Gasteiger partial charge in [-0.1, -0.05) is 81.4 Å². The minimum absolute atomic E-state index is 0.00188. The first-order valence-electron chi connectivity index (χ1n) is 11.9. The third kappa shape index (κ3) is 2.30. The van der Waals surface area contributed by atoms with Crippen molar-refractivity contribution in [3.8, 4) is 11.1 Å². The number of benzene rings is 3. The van der Waals surface area contributed by atoms with Gasteiger partial charge in [-0.25, -0.2) is 4.68 Å². The Balaban J connectivity index is 1.46. The average Bonchev–Trinajstić information content (AvgIpc) is 3.42. The van der Waals surface area contributed by atoms with Crippen LogP contribution in [0.25, 0.3) is 33.4 Å². The van der Waals surface area contributed by atoms with E-state index in [4.69, 9.17) is 0 Å². The van der Waals surface area contributed by atoms with Gasteiger partial charge in [0.15, 0.2) is 0 Å². The van der Waals surface area contributed by atoms with Crippen LogP contribution in [0.2, 0.25) is 0 Å². The predicted molar refractivity (Wildman–Crippen MR) is 135 cm³/mol. The molecule has 0 bridgehead atoms. The number of hydrogen-bond acceptors (Lipinski definition) is 2. The number of para-hydroxylation sites is 1. The van der Waals surface area contributed by atoms with Gasteiger partial charge in [-0.15, -0.1) is 5.10 Å². The Labute approximate surface area is 194 Å². The van der Waals surface area contributed by atoms with Crippen LogP contribution in [0, 0.1) is 0 Å². The molecule has 0 N–H and O–H groups in total. The highest BCUT2D eigenvalue weighted by Crippen LogP contribution is 2.59. The second-order valence-electron chi connectivity index (χ2n) is 10.7. The Morgan fingerprint density at radius 2 is 1.55 bits per heavy atom. The lowest BCUT2D eigenvalue weighted by atomic mass is 9.76. The second-order valence-corrected chi connectivity index (χ2v) is 10.7. The van der Waals surface area contributed by atoms with Crippen LogP contribution in [0.4, 0.5) is 0 Å². The van der Waals surface area contributed by atoms with E-state index < -0.39 is 0 Å². The molecule has 0 radical (unpaired) electrons. The average molecular weight is 430 g/mol. The maximum Gasteiger partial charge on any atom is 0.113 e. The topological polar surface area (TPSA) is 30.7 Å². The van der Waals surface area contributed by atoms with Crippen LogP contribution in [0.3, 0.4) is 0 Å². The Bertz CT molecular complexity index is 1560.